The molecular formula is C20H25NO. The first-order valence-corrected chi connectivity index (χ1v) is 7.78. The number of hydrogen-bond acceptors (Lipinski definition) is 1. The number of carbonyl (C=O) groups is 1. The summed E-state index contributed by atoms with van der Waals surface area (Å²) < 4.78 is 0. The summed E-state index contributed by atoms with van der Waals surface area (Å²) in [7, 11) is 0. The van der Waals surface area contributed by atoms with Crippen LogP contribution in [-0.4, -0.2) is 12.5 Å². The molecule has 1 aromatic rings. The predicted molar refractivity (Wildman–Crippen MR) is 94.2 cm³/mol. The average Bonchev–Trinajstić information content (AvgIpc) is 2.49. The third-order valence-corrected chi connectivity index (χ3v) is 2.87. The number of unbranched alkanes of at least 4 members (excludes halogenated alkanes) is 1. The van der Waals surface area contributed by atoms with Crippen molar-refractivity contribution in [1.29, 1.82) is 0 Å². The Morgan fingerprint density at radius 2 is 2.18 bits per heavy atom. The van der Waals surface area contributed by atoms with E-state index in [2.05, 4.69) is 49.2 Å². The molecule has 0 atom stereocenters. The zero-order chi connectivity index (χ0) is 16.2. The first-order valence-electron chi connectivity index (χ1n) is 7.78. The second-order valence-electron chi connectivity index (χ2n) is 5.51. The molecule has 116 valence electrons. The monoisotopic (exact) mass is 295 g/mol. The van der Waals surface area contributed by atoms with Crippen LogP contribution in [0.2, 0.25) is 0 Å². The molecule has 1 aromatic carbocycles. The maximum atomic E-state index is 11.5. The van der Waals surface area contributed by atoms with Crippen LogP contribution in [0.3, 0.4) is 0 Å². The number of rotatable bonds is 6. The van der Waals surface area contributed by atoms with Crippen molar-refractivity contribution in [1.82, 2.24) is 5.32 Å². The van der Waals surface area contributed by atoms with Crippen molar-refractivity contribution in [3.05, 3.63) is 53.6 Å². The summed E-state index contributed by atoms with van der Waals surface area (Å²) in [5, 5.41) is 2.85. The minimum atomic E-state index is -0.0271. The van der Waals surface area contributed by atoms with Gasteiger partial charge in [-0.15, -0.1) is 0 Å². The lowest BCUT2D eigenvalue weighted by molar-refractivity contribution is -0.116. The molecule has 1 N–H and O–H groups in total. The molecule has 1 rings (SSSR count). The van der Waals surface area contributed by atoms with Crippen molar-refractivity contribution in [3.8, 4) is 11.8 Å². The quantitative estimate of drug-likeness (QED) is 0.476. The van der Waals surface area contributed by atoms with Gasteiger partial charge in [0.1, 0.15) is 0 Å². The van der Waals surface area contributed by atoms with Gasteiger partial charge in [0.15, 0.2) is 0 Å². The number of hydrogen-bond donors (Lipinski definition) is 1. The summed E-state index contributed by atoms with van der Waals surface area (Å²) in [5.74, 6) is 6.74. The highest BCUT2D eigenvalue weighted by molar-refractivity contribution is 5.87. The van der Waals surface area contributed by atoms with Crippen molar-refractivity contribution in [3.63, 3.8) is 0 Å². The van der Waals surface area contributed by atoms with Gasteiger partial charge in [-0.3, -0.25) is 4.79 Å². The maximum absolute atomic E-state index is 11.5. The summed E-state index contributed by atoms with van der Waals surface area (Å²) >= 11 is 0. The van der Waals surface area contributed by atoms with Gasteiger partial charge in [0.2, 0.25) is 5.91 Å². The molecule has 2 heteroatoms. The topological polar surface area (TPSA) is 29.1 Å². The lowest BCUT2D eigenvalue weighted by Crippen LogP contribution is -2.25. The minimum absolute atomic E-state index is 0.0271. The molecule has 0 aliphatic rings. The van der Waals surface area contributed by atoms with E-state index in [4.69, 9.17) is 0 Å². The number of carbonyl (C=O) groups excluding carboxylic acids is 1. The highest BCUT2D eigenvalue weighted by Crippen LogP contribution is 2.06. The molecule has 0 aromatic heterocycles. The Balaban J connectivity index is 2.36. The van der Waals surface area contributed by atoms with Gasteiger partial charge < -0.3 is 5.32 Å². The molecule has 0 saturated carbocycles. The van der Waals surface area contributed by atoms with E-state index < -0.39 is 0 Å². The largest absolute Gasteiger partial charge is 0.352 e. The Hall–Kier alpha value is -2.27. The number of benzene rings is 1. The number of amides is 1. The first-order chi connectivity index (χ1) is 10.6. The molecule has 2 nitrogen and oxygen atoms in total. The van der Waals surface area contributed by atoms with E-state index in [9.17, 15) is 4.79 Å². The Kier molecular flexibility index (Phi) is 8.45. The summed E-state index contributed by atoms with van der Waals surface area (Å²) in [4.78, 5) is 11.5. The standard InChI is InChI=1S/C20H25NO/c1-4-10-18-12-9-13-19(15-18)11-7-5-6-8-14-20(22)21-16-17(2)3/h4,8-10,12-15,17H,5-6,16H2,1-3H3,(H,21,22)/b10-4?,14-8+. The molecule has 0 spiro atoms. The summed E-state index contributed by atoms with van der Waals surface area (Å²) in [6, 6.07) is 8.15. The van der Waals surface area contributed by atoms with E-state index >= 15 is 0 Å². The molecule has 0 saturated heterocycles. The molecule has 0 aliphatic heterocycles. The van der Waals surface area contributed by atoms with E-state index in [1.54, 1.807) is 6.08 Å². The van der Waals surface area contributed by atoms with Gasteiger partial charge in [-0.25, -0.2) is 0 Å². The Bertz CT molecular complexity index is 585. The Labute approximate surface area is 134 Å². The SMILES string of the molecule is CC=Cc1cccc(C#CCC/C=C/C(=O)NCC(C)C)c1. The van der Waals surface area contributed by atoms with E-state index in [0.717, 1.165) is 24.0 Å². The van der Waals surface area contributed by atoms with Crippen LogP contribution in [0.25, 0.3) is 6.08 Å². The van der Waals surface area contributed by atoms with Crippen molar-refractivity contribution in [2.75, 3.05) is 6.54 Å². The third-order valence-electron chi connectivity index (χ3n) is 2.87. The zero-order valence-corrected chi connectivity index (χ0v) is 13.7. The van der Waals surface area contributed by atoms with Crippen LogP contribution in [0.1, 0.15) is 44.7 Å². The molecule has 0 bridgehead atoms. The zero-order valence-electron chi connectivity index (χ0n) is 13.7. The summed E-state index contributed by atoms with van der Waals surface area (Å²) in [6.45, 7) is 6.86. The van der Waals surface area contributed by atoms with Crippen LogP contribution in [0.4, 0.5) is 0 Å². The average molecular weight is 295 g/mol. The van der Waals surface area contributed by atoms with Crippen LogP contribution < -0.4 is 5.32 Å². The number of allylic oxidation sites excluding steroid dienone is 2. The van der Waals surface area contributed by atoms with Gasteiger partial charge in [0.05, 0.1) is 0 Å². The molecule has 0 aliphatic carbocycles. The summed E-state index contributed by atoms with van der Waals surface area (Å²) in [6.07, 6.45) is 9.08. The first kappa shape index (κ1) is 17.8. The van der Waals surface area contributed by atoms with Gasteiger partial charge >= 0.3 is 0 Å². The second-order valence-corrected chi connectivity index (χ2v) is 5.51. The van der Waals surface area contributed by atoms with Crippen LogP contribution in [0.5, 0.6) is 0 Å². The molecular weight excluding hydrogens is 270 g/mol. The van der Waals surface area contributed by atoms with Crippen LogP contribution in [-0.2, 0) is 4.79 Å². The normalized spacial score (nSPS) is 10.9. The third kappa shape index (κ3) is 8.11. The molecule has 0 fully saturated rings. The van der Waals surface area contributed by atoms with Gasteiger partial charge in [-0.1, -0.05) is 56.0 Å². The Morgan fingerprint density at radius 3 is 2.91 bits per heavy atom. The fourth-order valence-corrected chi connectivity index (χ4v) is 1.79. The second kappa shape index (κ2) is 10.5. The van der Waals surface area contributed by atoms with Gasteiger partial charge in [-0.05, 0) is 43.0 Å². The molecule has 1 amide bonds. The highest BCUT2D eigenvalue weighted by Gasteiger charge is 1.96. The fraction of sp³-hybridized carbons (Fsp3) is 0.350. The van der Waals surface area contributed by atoms with E-state index in [0.29, 0.717) is 12.5 Å². The van der Waals surface area contributed by atoms with Gasteiger partial charge in [0, 0.05) is 18.5 Å². The van der Waals surface area contributed by atoms with E-state index in [1.165, 1.54) is 0 Å². The maximum Gasteiger partial charge on any atom is 0.243 e. The predicted octanol–water partition coefficient (Wildman–Crippen LogP) is 4.18. The smallest absolute Gasteiger partial charge is 0.243 e. The molecule has 22 heavy (non-hydrogen) atoms. The van der Waals surface area contributed by atoms with Crippen molar-refractivity contribution in [2.24, 2.45) is 5.92 Å². The van der Waals surface area contributed by atoms with E-state index in [-0.39, 0.29) is 5.91 Å². The summed E-state index contributed by atoms with van der Waals surface area (Å²) in [5.41, 5.74) is 2.19. The van der Waals surface area contributed by atoms with Gasteiger partial charge in [0.25, 0.3) is 0 Å². The van der Waals surface area contributed by atoms with Crippen molar-refractivity contribution < 1.29 is 4.79 Å². The van der Waals surface area contributed by atoms with E-state index in [1.807, 2.05) is 31.2 Å². The molecule has 0 radical (unpaired) electrons. The lowest BCUT2D eigenvalue weighted by atomic mass is 10.1. The minimum Gasteiger partial charge on any atom is -0.352 e. The fourth-order valence-electron chi connectivity index (χ4n) is 1.79. The van der Waals surface area contributed by atoms with Gasteiger partial charge in [-0.2, -0.15) is 0 Å². The Morgan fingerprint density at radius 1 is 1.36 bits per heavy atom. The molecule has 0 heterocycles. The number of nitrogens with one attached hydrogen (secondary N) is 1. The lowest BCUT2D eigenvalue weighted by Gasteiger charge is -2.03. The van der Waals surface area contributed by atoms with Crippen molar-refractivity contribution in [2.45, 2.75) is 33.6 Å². The highest BCUT2D eigenvalue weighted by atomic mass is 16.1. The van der Waals surface area contributed by atoms with Crippen molar-refractivity contribution >= 4 is 12.0 Å². The van der Waals surface area contributed by atoms with Crippen LogP contribution in [0.15, 0.2) is 42.5 Å². The van der Waals surface area contributed by atoms with Crippen LogP contribution >= 0.6 is 0 Å². The molecule has 0 unspecified atom stereocenters. The van der Waals surface area contributed by atoms with Crippen LogP contribution in [0, 0.1) is 17.8 Å².